The number of piperidine rings is 1. The number of nitrogens with one attached hydrogen (secondary N) is 2. The molecule has 0 bridgehead atoms. The van der Waals surface area contributed by atoms with Crippen molar-refractivity contribution in [2.24, 2.45) is 17.3 Å². The highest BCUT2D eigenvalue weighted by Crippen LogP contribution is 2.40. The van der Waals surface area contributed by atoms with Gasteiger partial charge in [0.2, 0.25) is 11.8 Å². The second kappa shape index (κ2) is 10.2. The van der Waals surface area contributed by atoms with Crippen molar-refractivity contribution in [1.82, 2.24) is 15.7 Å². The van der Waals surface area contributed by atoms with Crippen molar-refractivity contribution < 1.29 is 19.9 Å². The zero-order valence-corrected chi connectivity index (χ0v) is 22.4. The largest absolute Gasteiger partial charge is 0.508 e. The summed E-state index contributed by atoms with van der Waals surface area (Å²) in [6.07, 6.45) is 1.93. The minimum absolute atomic E-state index is 0.00174. The molecule has 1 fully saturated rings. The van der Waals surface area contributed by atoms with Crippen molar-refractivity contribution in [2.45, 2.75) is 105 Å². The molecule has 1 saturated heterocycles. The zero-order valence-electron chi connectivity index (χ0n) is 22.4. The smallest absolute Gasteiger partial charge is 0.223 e. The van der Waals surface area contributed by atoms with Crippen LogP contribution in [0.1, 0.15) is 80.7 Å². The molecule has 7 heteroatoms. The van der Waals surface area contributed by atoms with E-state index in [0.717, 1.165) is 5.56 Å². The van der Waals surface area contributed by atoms with Gasteiger partial charge in [0.05, 0.1) is 0 Å². The monoisotopic (exact) mass is 475 g/mol. The summed E-state index contributed by atoms with van der Waals surface area (Å²) in [7, 11) is 0. The summed E-state index contributed by atoms with van der Waals surface area (Å²) in [4.78, 5) is 25.4. The van der Waals surface area contributed by atoms with E-state index in [0.29, 0.717) is 19.3 Å². The van der Waals surface area contributed by atoms with Gasteiger partial charge in [-0.1, -0.05) is 39.8 Å². The first kappa shape index (κ1) is 28.1. The van der Waals surface area contributed by atoms with Gasteiger partial charge in [0.15, 0.2) is 0 Å². The number of aromatic hydroxyl groups is 1. The van der Waals surface area contributed by atoms with Crippen LogP contribution in [0.25, 0.3) is 0 Å². The van der Waals surface area contributed by atoms with E-state index < -0.39 is 16.5 Å². The molecule has 1 aromatic carbocycles. The van der Waals surface area contributed by atoms with Crippen LogP contribution in [0.2, 0.25) is 0 Å². The molecule has 1 aliphatic rings. The summed E-state index contributed by atoms with van der Waals surface area (Å²) < 4.78 is 0. The van der Waals surface area contributed by atoms with Crippen molar-refractivity contribution in [2.75, 3.05) is 0 Å². The summed E-state index contributed by atoms with van der Waals surface area (Å²) >= 11 is 0. The molecule has 0 aliphatic carbocycles. The lowest BCUT2D eigenvalue weighted by atomic mass is 9.66. The Morgan fingerprint density at radius 1 is 1.09 bits per heavy atom. The molecule has 192 valence electrons. The minimum Gasteiger partial charge on any atom is -0.508 e. The van der Waals surface area contributed by atoms with Crippen LogP contribution in [0.15, 0.2) is 24.3 Å². The number of hydrogen-bond acceptors (Lipinski definition) is 5. The van der Waals surface area contributed by atoms with Gasteiger partial charge in [-0.05, 0) is 76.0 Å². The fourth-order valence-corrected chi connectivity index (χ4v) is 5.45. The Bertz CT molecular complexity index is 845. The molecular formula is C27H45N3O4. The summed E-state index contributed by atoms with van der Waals surface area (Å²) in [5.41, 5.74) is -0.272. The van der Waals surface area contributed by atoms with E-state index in [4.69, 9.17) is 0 Å². The van der Waals surface area contributed by atoms with E-state index in [2.05, 4.69) is 31.4 Å². The number of nitrogens with zero attached hydrogens (tertiary/aromatic N) is 1. The number of rotatable bonds is 8. The first-order chi connectivity index (χ1) is 15.5. The fourth-order valence-electron chi connectivity index (χ4n) is 5.45. The lowest BCUT2D eigenvalue weighted by molar-refractivity contribution is -0.246. The third kappa shape index (κ3) is 6.51. The van der Waals surface area contributed by atoms with Crippen molar-refractivity contribution in [3.05, 3.63) is 29.8 Å². The van der Waals surface area contributed by atoms with Crippen LogP contribution in [0.5, 0.6) is 5.75 Å². The molecule has 34 heavy (non-hydrogen) atoms. The van der Waals surface area contributed by atoms with E-state index in [1.807, 2.05) is 46.8 Å². The van der Waals surface area contributed by atoms with Crippen LogP contribution in [-0.4, -0.2) is 50.4 Å². The molecule has 1 aliphatic heterocycles. The van der Waals surface area contributed by atoms with Crippen LogP contribution in [0, 0.1) is 17.3 Å². The SMILES string of the molecule is CC(=O)N[C@@H](Cc1ccc(O)cc1)[C@H](C)C(C)(C)[C@H](C)C(=O)NC1CC(C)(C)N(O)C(C)(C)C1. The molecule has 1 aromatic rings. The van der Waals surface area contributed by atoms with E-state index >= 15 is 0 Å². The second-order valence-electron chi connectivity index (χ2n) is 12.1. The van der Waals surface area contributed by atoms with E-state index in [1.54, 1.807) is 12.1 Å². The second-order valence-corrected chi connectivity index (χ2v) is 12.1. The van der Waals surface area contributed by atoms with Gasteiger partial charge in [-0.25, -0.2) is 0 Å². The van der Waals surface area contributed by atoms with Crippen LogP contribution in [0.4, 0.5) is 0 Å². The molecule has 2 rings (SSSR count). The predicted molar refractivity (Wildman–Crippen MR) is 134 cm³/mol. The van der Waals surface area contributed by atoms with Gasteiger partial charge in [-0.15, -0.1) is 0 Å². The number of hydrogen-bond donors (Lipinski definition) is 4. The molecule has 0 spiro atoms. The Morgan fingerprint density at radius 3 is 2.06 bits per heavy atom. The number of carbonyl (C=O) groups excluding carboxylic acids is 2. The Hall–Kier alpha value is -2.12. The number of hydroxylamine groups is 2. The quantitative estimate of drug-likeness (QED) is 0.450. The van der Waals surface area contributed by atoms with Crippen molar-refractivity contribution in [1.29, 1.82) is 0 Å². The fraction of sp³-hybridized carbons (Fsp3) is 0.704. The van der Waals surface area contributed by atoms with Gasteiger partial charge in [0, 0.05) is 36.0 Å². The summed E-state index contributed by atoms with van der Waals surface area (Å²) in [5.74, 6) is -0.207. The molecule has 0 saturated carbocycles. The van der Waals surface area contributed by atoms with Crippen LogP contribution in [0.3, 0.4) is 0 Å². The molecule has 0 aromatic heterocycles. The third-order valence-electron chi connectivity index (χ3n) is 8.05. The predicted octanol–water partition coefficient (Wildman–Crippen LogP) is 4.26. The van der Waals surface area contributed by atoms with Gasteiger partial charge < -0.3 is 20.9 Å². The Morgan fingerprint density at radius 2 is 1.59 bits per heavy atom. The molecule has 0 radical (unpaired) electrons. The van der Waals surface area contributed by atoms with Crippen LogP contribution in [-0.2, 0) is 16.0 Å². The first-order valence-electron chi connectivity index (χ1n) is 12.3. The van der Waals surface area contributed by atoms with Crippen molar-refractivity contribution in [3.8, 4) is 5.75 Å². The number of amides is 2. The number of benzene rings is 1. The molecular weight excluding hydrogens is 430 g/mol. The lowest BCUT2D eigenvalue weighted by Crippen LogP contribution is -2.63. The third-order valence-corrected chi connectivity index (χ3v) is 8.05. The molecule has 1 heterocycles. The summed E-state index contributed by atoms with van der Waals surface area (Å²) in [6, 6.07) is 6.81. The summed E-state index contributed by atoms with van der Waals surface area (Å²) in [5, 5.41) is 27.9. The van der Waals surface area contributed by atoms with Crippen LogP contribution < -0.4 is 10.6 Å². The highest BCUT2D eigenvalue weighted by molar-refractivity contribution is 5.79. The molecule has 2 amide bonds. The Labute approximate surface area is 205 Å². The van der Waals surface area contributed by atoms with Crippen LogP contribution >= 0.6 is 0 Å². The van der Waals surface area contributed by atoms with E-state index in [1.165, 1.54) is 12.0 Å². The average Bonchev–Trinajstić information content (AvgIpc) is 2.71. The van der Waals surface area contributed by atoms with E-state index in [-0.39, 0.29) is 41.5 Å². The maximum Gasteiger partial charge on any atom is 0.223 e. The van der Waals surface area contributed by atoms with Gasteiger partial charge in [0.1, 0.15) is 5.75 Å². The van der Waals surface area contributed by atoms with Crippen molar-refractivity contribution >= 4 is 11.8 Å². The van der Waals surface area contributed by atoms with Gasteiger partial charge in [-0.2, -0.15) is 5.06 Å². The average molecular weight is 476 g/mol. The normalized spacial score (nSPS) is 21.4. The number of phenols is 1. The highest BCUT2D eigenvalue weighted by Gasteiger charge is 2.46. The maximum atomic E-state index is 13.4. The highest BCUT2D eigenvalue weighted by atomic mass is 16.5. The Kier molecular flexibility index (Phi) is 8.47. The van der Waals surface area contributed by atoms with Gasteiger partial charge in [-0.3, -0.25) is 9.59 Å². The minimum atomic E-state index is -0.438. The maximum absolute atomic E-state index is 13.4. The first-order valence-corrected chi connectivity index (χ1v) is 12.3. The Balaban J connectivity index is 2.16. The standard InChI is InChI=1S/C27H45N3O4/c1-17(23(28-19(3)31)14-20-10-12-22(32)13-11-20)27(8,9)18(2)24(33)29-21-15-25(4,5)30(34)26(6,7)16-21/h10-13,17-18,21,23,32,34H,14-16H2,1-9H3,(H,28,31)(H,29,33)/t17-,18+,23-/m0/s1. The van der Waals surface area contributed by atoms with Gasteiger partial charge >= 0.3 is 0 Å². The topological polar surface area (TPSA) is 102 Å². The number of phenolic OH excluding ortho intramolecular Hbond substituents is 1. The number of carbonyl (C=O) groups is 2. The lowest BCUT2D eigenvalue weighted by Gasteiger charge is -2.52. The molecule has 7 nitrogen and oxygen atoms in total. The van der Waals surface area contributed by atoms with Gasteiger partial charge in [0.25, 0.3) is 0 Å². The molecule has 0 unspecified atom stereocenters. The zero-order chi connectivity index (χ0) is 26.1. The van der Waals surface area contributed by atoms with E-state index in [9.17, 15) is 19.9 Å². The molecule has 4 N–H and O–H groups in total. The molecule has 3 atom stereocenters. The van der Waals surface area contributed by atoms with Crippen molar-refractivity contribution in [3.63, 3.8) is 0 Å². The summed E-state index contributed by atoms with van der Waals surface area (Å²) in [6.45, 7) is 17.7.